The molecule has 3 atom stereocenters. The Morgan fingerprint density at radius 1 is 1.11 bits per heavy atom. The topological polar surface area (TPSA) is 37.3 Å². The molecule has 0 spiro atoms. The van der Waals surface area contributed by atoms with Crippen molar-refractivity contribution in [3.8, 4) is 0 Å². The molecule has 0 aliphatic carbocycles. The third-order valence-electron chi connectivity index (χ3n) is 4.17. The van der Waals surface area contributed by atoms with Crippen molar-refractivity contribution < 1.29 is 9.90 Å². The van der Waals surface area contributed by atoms with Gasteiger partial charge < -0.3 is 5.11 Å². The van der Waals surface area contributed by atoms with Crippen molar-refractivity contribution >= 4 is 5.97 Å². The monoisotopic (exact) mass is 269 g/mol. The van der Waals surface area contributed by atoms with E-state index in [1.807, 2.05) is 0 Å². The van der Waals surface area contributed by atoms with Crippen LogP contribution in [0.2, 0.25) is 0 Å². The maximum absolute atomic E-state index is 11.4. The van der Waals surface area contributed by atoms with Gasteiger partial charge in [-0.15, -0.1) is 0 Å². The van der Waals surface area contributed by atoms with Crippen molar-refractivity contribution in [3.05, 3.63) is 6.92 Å². The summed E-state index contributed by atoms with van der Waals surface area (Å²) >= 11 is 0. The number of hydrogen-bond donors (Lipinski definition) is 1. The van der Waals surface area contributed by atoms with Gasteiger partial charge in [-0.25, -0.2) is 0 Å². The molecule has 0 fully saturated rings. The highest BCUT2D eigenvalue weighted by Gasteiger charge is 2.43. The van der Waals surface area contributed by atoms with E-state index < -0.39 is 11.9 Å². The van der Waals surface area contributed by atoms with Gasteiger partial charge in [0, 0.05) is 0 Å². The Labute approximate surface area is 120 Å². The quantitative estimate of drug-likeness (QED) is 0.733. The predicted octanol–water partition coefficient (Wildman–Crippen LogP) is 5.04. The van der Waals surface area contributed by atoms with Crippen molar-refractivity contribution in [2.24, 2.45) is 28.6 Å². The summed E-state index contributed by atoms with van der Waals surface area (Å²) in [5.41, 5.74) is 0.0645. The van der Waals surface area contributed by atoms with Gasteiger partial charge in [0.1, 0.15) is 0 Å². The number of aliphatic carboxylic acids is 1. The molecule has 0 aliphatic rings. The molecular formula is C17H33O2. The van der Waals surface area contributed by atoms with Crippen molar-refractivity contribution in [1.82, 2.24) is 0 Å². The minimum Gasteiger partial charge on any atom is -0.481 e. The Bertz CT molecular complexity index is 281. The van der Waals surface area contributed by atoms with Crippen LogP contribution in [0.4, 0.5) is 0 Å². The Hall–Kier alpha value is -0.530. The third-order valence-corrected chi connectivity index (χ3v) is 4.17. The fraction of sp³-hybridized carbons (Fsp3) is 0.882. The lowest BCUT2D eigenvalue weighted by Crippen LogP contribution is -2.42. The summed E-state index contributed by atoms with van der Waals surface area (Å²) < 4.78 is 0. The second-order valence-corrected chi connectivity index (χ2v) is 7.95. The molecule has 0 aromatic heterocycles. The summed E-state index contributed by atoms with van der Waals surface area (Å²) in [4.78, 5) is 11.4. The molecule has 0 aliphatic heterocycles. The number of unbranched alkanes of at least 4 members (excludes halogenated alkanes) is 1. The lowest BCUT2D eigenvalue weighted by atomic mass is 9.59. The van der Waals surface area contributed by atoms with E-state index in [1.165, 1.54) is 0 Å². The minimum absolute atomic E-state index is 0.0451. The zero-order valence-electron chi connectivity index (χ0n) is 13.9. The van der Waals surface area contributed by atoms with Crippen LogP contribution in [0, 0.1) is 35.5 Å². The Morgan fingerprint density at radius 3 is 1.84 bits per heavy atom. The van der Waals surface area contributed by atoms with E-state index in [4.69, 9.17) is 0 Å². The molecule has 0 aromatic carbocycles. The van der Waals surface area contributed by atoms with E-state index in [0.29, 0.717) is 5.92 Å². The third kappa shape index (κ3) is 5.54. The molecule has 0 saturated heterocycles. The molecule has 0 heterocycles. The predicted molar refractivity (Wildman–Crippen MR) is 81.9 cm³/mol. The maximum atomic E-state index is 11.4. The van der Waals surface area contributed by atoms with Crippen LogP contribution in [0.25, 0.3) is 0 Å². The highest BCUT2D eigenvalue weighted by Crippen LogP contribution is 2.47. The Kier molecular flexibility index (Phi) is 6.57. The molecule has 2 heteroatoms. The number of rotatable bonds is 6. The van der Waals surface area contributed by atoms with Gasteiger partial charge in [0.2, 0.25) is 0 Å². The van der Waals surface area contributed by atoms with E-state index in [0.717, 1.165) is 19.3 Å². The van der Waals surface area contributed by atoms with Crippen LogP contribution < -0.4 is 0 Å². The maximum Gasteiger partial charge on any atom is 0.306 e. The molecule has 3 unspecified atom stereocenters. The molecule has 1 N–H and O–H groups in total. The van der Waals surface area contributed by atoms with Gasteiger partial charge >= 0.3 is 5.97 Å². The second-order valence-electron chi connectivity index (χ2n) is 7.95. The van der Waals surface area contributed by atoms with Gasteiger partial charge in [0.15, 0.2) is 0 Å². The second kappa shape index (κ2) is 6.76. The SMILES string of the molecule is [CH2]C(C(=O)O)C(C(CCCC)C(C)(C)C)C(C)(C)C. The van der Waals surface area contributed by atoms with Crippen molar-refractivity contribution in [2.45, 2.75) is 67.7 Å². The molecule has 0 bridgehead atoms. The van der Waals surface area contributed by atoms with Crippen LogP contribution >= 0.6 is 0 Å². The first-order chi connectivity index (χ1) is 8.42. The summed E-state index contributed by atoms with van der Waals surface area (Å²) in [6.45, 7) is 19.2. The first-order valence-electron chi connectivity index (χ1n) is 7.48. The summed E-state index contributed by atoms with van der Waals surface area (Å²) in [5.74, 6) is -0.839. The molecule has 0 aromatic rings. The fourth-order valence-corrected chi connectivity index (χ4v) is 3.22. The highest BCUT2D eigenvalue weighted by atomic mass is 16.4. The molecule has 2 nitrogen and oxygen atoms in total. The highest BCUT2D eigenvalue weighted by molar-refractivity contribution is 5.71. The van der Waals surface area contributed by atoms with Gasteiger partial charge in [-0.2, -0.15) is 0 Å². The van der Waals surface area contributed by atoms with Gasteiger partial charge in [-0.05, 0) is 36.0 Å². The van der Waals surface area contributed by atoms with E-state index in [9.17, 15) is 9.90 Å². The van der Waals surface area contributed by atoms with Gasteiger partial charge in [0.25, 0.3) is 0 Å². The summed E-state index contributed by atoms with van der Waals surface area (Å²) in [5, 5.41) is 9.39. The van der Waals surface area contributed by atoms with Crippen molar-refractivity contribution in [3.63, 3.8) is 0 Å². The van der Waals surface area contributed by atoms with Crippen LogP contribution in [-0.2, 0) is 4.79 Å². The van der Waals surface area contributed by atoms with Crippen molar-refractivity contribution in [2.75, 3.05) is 0 Å². The molecule has 113 valence electrons. The zero-order chi connectivity index (χ0) is 15.4. The lowest BCUT2D eigenvalue weighted by Gasteiger charge is -2.46. The number of carboxylic acid groups (broad SMARTS) is 1. The Balaban J connectivity index is 5.43. The summed E-state index contributed by atoms with van der Waals surface area (Å²) in [6.07, 6.45) is 3.39. The smallest absolute Gasteiger partial charge is 0.306 e. The Morgan fingerprint density at radius 2 is 1.58 bits per heavy atom. The normalized spacial score (nSPS) is 17.9. The first kappa shape index (κ1) is 18.5. The van der Waals surface area contributed by atoms with Crippen molar-refractivity contribution in [1.29, 1.82) is 0 Å². The van der Waals surface area contributed by atoms with Gasteiger partial charge in [0.05, 0.1) is 5.92 Å². The van der Waals surface area contributed by atoms with Crippen LogP contribution in [0.1, 0.15) is 67.7 Å². The lowest BCUT2D eigenvalue weighted by molar-refractivity contribution is -0.145. The average Bonchev–Trinajstić information content (AvgIpc) is 2.19. The average molecular weight is 269 g/mol. The molecule has 0 amide bonds. The minimum atomic E-state index is -0.773. The fourth-order valence-electron chi connectivity index (χ4n) is 3.22. The molecule has 1 radical (unpaired) electrons. The van der Waals surface area contributed by atoms with Gasteiger partial charge in [-0.3, -0.25) is 4.79 Å². The van der Waals surface area contributed by atoms with Crippen LogP contribution in [-0.4, -0.2) is 11.1 Å². The van der Waals surface area contributed by atoms with Crippen LogP contribution in [0.5, 0.6) is 0 Å². The largest absolute Gasteiger partial charge is 0.481 e. The van der Waals surface area contributed by atoms with E-state index in [2.05, 4.69) is 55.4 Å². The molecular weight excluding hydrogens is 236 g/mol. The first-order valence-corrected chi connectivity index (χ1v) is 7.48. The number of hydrogen-bond acceptors (Lipinski definition) is 1. The van der Waals surface area contributed by atoms with Crippen LogP contribution in [0.15, 0.2) is 0 Å². The van der Waals surface area contributed by atoms with E-state index >= 15 is 0 Å². The van der Waals surface area contributed by atoms with E-state index in [-0.39, 0.29) is 16.7 Å². The van der Waals surface area contributed by atoms with Gasteiger partial charge in [-0.1, -0.05) is 61.3 Å². The van der Waals surface area contributed by atoms with E-state index in [1.54, 1.807) is 0 Å². The molecule has 0 saturated carbocycles. The zero-order valence-corrected chi connectivity index (χ0v) is 13.9. The number of carbonyl (C=O) groups is 1. The standard InChI is InChI=1S/C17H33O2/c1-9-10-11-13(16(3,4)5)14(17(6,7)8)12(2)15(18)19/h12-14H,2,9-11H2,1,3-8H3,(H,18,19). The molecule has 19 heavy (non-hydrogen) atoms. The van der Waals surface area contributed by atoms with Crippen LogP contribution in [0.3, 0.4) is 0 Å². The number of carboxylic acids is 1. The molecule has 0 rings (SSSR count). The summed E-state index contributed by atoms with van der Waals surface area (Å²) in [6, 6.07) is 0. The summed E-state index contributed by atoms with van der Waals surface area (Å²) in [7, 11) is 0.